The minimum Gasteiger partial charge on any atom is -0.328 e. The minimum absolute atomic E-state index is 0.323. The molecule has 84 valence electrons. The van der Waals surface area contributed by atoms with E-state index in [9.17, 15) is 0 Å². The van der Waals surface area contributed by atoms with Gasteiger partial charge in [-0.1, -0.05) is 20.8 Å². The number of hydrogen-bond donors (Lipinski definition) is 1. The third kappa shape index (κ3) is 2.96. The van der Waals surface area contributed by atoms with Crippen LogP contribution in [0.25, 0.3) is 0 Å². The van der Waals surface area contributed by atoms with Crippen molar-refractivity contribution < 1.29 is 0 Å². The Bertz CT molecular complexity index is 166. The van der Waals surface area contributed by atoms with Gasteiger partial charge in [-0.05, 0) is 38.1 Å². The van der Waals surface area contributed by atoms with Crippen molar-refractivity contribution >= 4 is 0 Å². The van der Waals surface area contributed by atoms with Gasteiger partial charge in [0.05, 0.1) is 0 Å². The van der Waals surface area contributed by atoms with Crippen molar-refractivity contribution in [3.63, 3.8) is 0 Å². The Balaban J connectivity index is 2.43. The van der Waals surface area contributed by atoms with Crippen molar-refractivity contribution in [3.8, 4) is 0 Å². The summed E-state index contributed by atoms with van der Waals surface area (Å²) >= 11 is 0. The van der Waals surface area contributed by atoms with Crippen molar-refractivity contribution in [3.05, 3.63) is 0 Å². The molecular weight excluding hydrogens is 172 g/mol. The topological polar surface area (TPSA) is 29.3 Å². The van der Waals surface area contributed by atoms with E-state index in [4.69, 9.17) is 5.73 Å². The normalized spacial score (nSPS) is 28.3. The Morgan fingerprint density at radius 2 is 1.93 bits per heavy atom. The smallest absolute Gasteiger partial charge is 0.0119 e. The van der Waals surface area contributed by atoms with E-state index in [0.29, 0.717) is 12.0 Å². The summed E-state index contributed by atoms with van der Waals surface area (Å²) in [6.07, 6.45) is 2.75. The molecule has 0 spiro atoms. The van der Waals surface area contributed by atoms with Gasteiger partial charge in [-0.2, -0.15) is 0 Å². The number of nitrogens with zero attached hydrogens (tertiary/aromatic N) is 1. The molecule has 1 rings (SSSR count). The first kappa shape index (κ1) is 12.0. The lowest BCUT2D eigenvalue weighted by Crippen LogP contribution is -2.40. The highest BCUT2D eigenvalue weighted by molar-refractivity contribution is 4.83. The average Bonchev–Trinajstić information content (AvgIpc) is 2.52. The summed E-state index contributed by atoms with van der Waals surface area (Å²) in [5.41, 5.74) is 5.91. The molecule has 3 unspecified atom stereocenters. The van der Waals surface area contributed by atoms with Crippen LogP contribution < -0.4 is 5.73 Å². The molecule has 1 aliphatic rings. The van der Waals surface area contributed by atoms with E-state index in [0.717, 1.165) is 12.0 Å². The Kier molecular flexibility index (Phi) is 4.39. The van der Waals surface area contributed by atoms with Crippen molar-refractivity contribution in [2.45, 2.75) is 52.6 Å². The summed E-state index contributed by atoms with van der Waals surface area (Å²) in [4.78, 5) is 2.64. The minimum atomic E-state index is 0.323. The Morgan fingerprint density at radius 1 is 1.29 bits per heavy atom. The van der Waals surface area contributed by atoms with Gasteiger partial charge in [0.2, 0.25) is 0 Å². The Morgan fingerprint density at radius 3 is 2.43 bits per heavy atom. The van der Waals surface area contributed by atoms with Crippen molar-refractivity contribution in [2.75, 3.05) is 13.1 Å². The van der Waals surface area contributed by atoms with Crippen LogP contribution in [0.5, 0.6) is 0 Å². The summed E-state index contributed by atoms with van der Waals surface area (Å²) < 4.78 is 0. The summed E-state index contributed by atoms with van der Waals surface area (Å²) in [6, 6.07) is 1.12. The number of nitrogens with two attached hydrogens (primary N) is 1. The first-order chi connectivity index (χ1) is 6.52. The number of likely N-dealkylation sites (tertiary alicyclic amines) is 1. The molecule has 0 aromatic carbocycles. The van der Waals surface area contributed by atoms with Gasteiger partial charge in [0, 0.05) is 18.6 Å². The standard InChI is InChI=1S/C12H26N2/c1-9(2)12-6-5-7-14(12)8-10(3)11(4)13/h9-12H,5-8,13H2,1-4H3. The molecule has 2 heteroatoms. The van der Waals surface area contributed by atoms with Gasteiger partial charge in [0.25, 0.3) is 0 Å². The summed E-state index contributed by atoms with van der Waals surface area (Å²) in [7, 11) is 0. The quantitative estimate of drug-likeness (QED) is 0.749. The molecule has 2 nitrogen and oxygen atoms in total. The lowest BCUT2D eigenvalue weighted by Gasteiger charge is -2.31. The van der Waals surface area contributed by atoms with E-state index < -0.39 is 0 Å². The number of rotatable bonds is 4. The Labute approximate surface area is 88.8 Å². The molecule has 1 aliphatic heterocycles. The van der Waals surface area contributed by atoms with Crippen LogP contribution in [0.15, 0.2) is 0 Å². The predicted molar refractivity (Wildman–Crippen MR) is 62.2 cm³/mol. The van der Waals surface area contributed by atoms with Gasteiger partial charge in [0.1, 0.15) is 0 Å². The van der Waals surface area contributed by atoms with E-state index in [2.05, 4.69) is 32.6 Å². The zero-order chi connectivity index (χ0) is 10.7. The maximum atomic E-state index is 5.91. The SMILES string of the molecule is CC(C)C1CCCN1CC(C)C(C)N. The molecule has 0 bridgehead atoms. The molecule has 2 N–H and O–H groups in total. The zero-order valence-electron chi connectivity index (χ0n) is 10.2. The highest BCUT2D eigenvalue weighted by Gasteiger charge is 2.28. The van der Waals surface area contributed by atoms with E-state index >= 15 is 0 Å². The largest absolute Gasteiger partial charge is 0.328 e. The molecule has 1 saturated heterocycles. The number of hydrogen-bond acceptors (Lipinski definition) is 2. The van der Waals surface area contributed by atoms with Crippen LogP contribution in [0, 0.1) is 11.8 Å². The van der Waals surface area contributed by atoms with Crippen LogP contribution in [0.1, 0.15) is 40.5 Å². The van der Waals surface area contributed by atoms with E-state index in [-0.39, 0.29) is 0 Å². The highest BCUT2D eigenvalue weighted by atomic mass is 15.2. The van der Waals surface area contributed by atoms with Crippen LogP contribution in [0.2, 0.25) is 0 Å². The first-order valence-electron chi connectivity index (χ1n) is 6.02. The molecular formula is C12H26N2. The monoisotopic (exact) mass is 198 g/mol. The molecule has 0 radical (unpaired) electrons. The fourth-order valence-electron chi connectivity index (χ4n) is 2.37. The summed E-state index contributed by atoms with van der Waals surface area (Å²) in [6.45, 7) is 11.5. The second-order valence-corrected chi connectivity index (χ2v) is 5.28. The summed E-state index contributed by atoms with van der Waals surface area (Å²) in [5.74, 6) is 1.41. The zero-order valence-corrected chi connectivity index (χ0v) is 10.2. The van der Waals surface area contributed by atoms with Crippen molar-refractivity contribution in [1.82, 2.24) is 4.90 Å². The van der Waals surface area contributed by atoms with E-state index in [1.54, 1.807) is 0 Å². The molecule has 1 fully saturated rings. The van der Waals surface area contributed by atoms with E-state index in [1.165, 1.54) is 25.9 Å². The molecule has 0 aromatic rings. The van der Waals surface area contributed by atoms with Crippen LogP contribution >= 0.6 is 0 Å². The lowest BCUT2D eigenvalue weighted by atomic mass is 9.99. The Hall–Kier alpha value is -0.0800. The maximum absolute atomic E-state index is 5.91. The van der Waals surface area contributed by atoms with Gasteiger partial charge < -0.3 is 5.73 Å². The highest BCUT2D eigenvalue weighted by Crippen LogP contribution is 2.24. The molecule has 0 saturated carbocycles. The molecule has 14 heavy (non-hydrogen) atoms. The molecule has 0 aromatic heterocycles. The second kappa shape index (κ2) is 5.13. The fourth-order valence-corrected chi connectivity index (χ4v) is 2.37. The molecule has 1 heterocycles. The van der Waals surface area contributed by atoms with E-state index in [1.807, 2.05) is 0 Å². The second-order valence-electron chi connectivity index (χ2n) is 5.28. The molecule has 0 aliphatic carbocycles. The van der Waals surface area contributed by atoms with Gasteiger partial charge in [-0.25, -0.2) is 0 Å². The first-order valence-corrected chi connectivity index (χ1v) is 6.02. The van der Waals surface area contributed by atoms with Gasteiger partial charge in [-0.3, -0.25) is 4.90 Å². The van der Waals surface area contributed by atoms with Crippen LogP contribution in [-0.2, 0) is 0 Å². The van der Waals surface area contributed by atoms with Crippen molar-refractivity contribution in [2.24, 2.45) is 17.6 Å². The molecule has 0 amide bonds. The van der Waals surface area contributed by atoms with Crippen molar-refractivity contribution in [1.29, 1.82) is 0 Å². The lowest BCUT2D eigenvalue weighted by molar-refractivity contribution is 0.174. The van der Waals surface area contributed by atoms with Gasteiger partial charge in [0.15, 0.2) is 0 Å². The van der Waals surface area contributed by atoms with Crippen LogP contribution in [0.4, 0.5) is 0 Å². The summed E-state index contributed by atoms with van der Waals surface area (Å²) in [5, 5.41) is 0. The fraction of sp³-hybridized carbons (Fsp3) is 1.00. The average molecular weight is 198 g/mol. The van der Waals surface area contributed by atoms with Gasteiger partial charge in [-0.15, -0.1) is 0 Å². The van der Waals surface area contributed by atoms with Crippen LogP contribution in [-0.4, -0.2) is 30.1 Å². The predicted octanol–water partition coefficient (Wildman–Crippen LogP) is 2.09. The van der Waals surface area contributed by atoms with Gasteiger partial charge >= 0.3 is 0 Å². The third-order valence-corrected chi connectivity index (χ3v) is 3.60. The third-order valence-electron chi connectivity index (χ3n) is 3.60. The maximum Gasteiger partial charge on any atom is 0.0119 e. The van der Waals surface area contributed by atoms with Crippen LogP contribution in [0.3, 0.4) is 0 Å². The molecule has 3 atom stereocenters.